The Morgan fingerprint density at radius 2 is 0.917 bits per heavy atom. The van der Waals surface area contributed by atoms with Gasteiger partial charge >= 0.3 is 0 Å². The summed E-state index contributed by atoms with van der Waals surface area (Å²) in [6.07, 6.45) is 0. The van der Waals surface area contributed by atoms with Crippen LogP contribution in [0.2, 0.25) is 0 Å². The van der Waals surface area contributed by atoms with Gasteiger partial charge in [0.1, 0.15) is 69.3 Å². The van der Waals surface area contributed by atoms with Gasteiger partial charge in [0, 0.05) is 33.4 Å². The first kappa shape index (κ1) is 48.1. The van der Waals surface area contributed by atoms with Crippen molar-refractivity contribution in [1.29, 1.82) is 5.26 Å². The Hall–Kier alpha value is -8.89. The fraction of sp³-hybridized carbons (Fsp3) is 0.121. The molecule has 358 valence electrons. The molecule has 2 aliphatic heterocycles. The van der Waals surface area contributed by atoms with E-state index in [1.54, 1.807) is 128 Å². The van der Waals surface area contributed by atoms with Gasteiger partial charge in [-0.3, -0.25) is 4.79 Å². The van der Waals surface area contributed by atoms with Gasteiger partial charge in [0.05, 0.1) is 40.1 Å². The predicted molar refractivity (Wildman–Crippen MR) is 260 cm³/mol. The number of ether oxygens (including phenoxy) is 8. The van der Waals surface area contributed by atoms with E-state index in [9.17, 15) is 23.9 Å². The van der Waals surface area contributed by atoms with E-state index in [1.165, 1.54) is 24.3 Å². The van der Waals surface area contributed by atoms with E-state index in [4.69, 9.17) is 44.5 Å². The highest BCUT2D eigenvalue weighted by atomic mass is 19.1. The standard InChI is InChI=1S/C36H26FNO6.C22H16FNO4/c1-40-28-13-5-24(6-14-28)35(39)25-7-15-29(16-8-25)43-30-17-9-26(10-18-30)36(41-21-22-42-36)27-11-19-31(20-12-27)44-34-4-2-3-33(37)32(34)23-38;1-24-21-19(23)3-2-4-20(21)28-18-11-7-16(8-12-18)22(26-13-14-27-22)15-5-9-17(25)10-6-15/h2-20H,21-22H2,1H3;2-12,25H,13-14H2. The molecular formula is C58H42F2N2O10. The molecule has 0 spiro atoms. The van der Waals surface area contributed by atoms with Crippen LogP contribution in [-0.4, -0.2) is 44.4 Å². The van der Waals surface area contributed by atoms with Gasteiger partial charge in [0.2, 0.25) is 11.6 Å². The SMILES string of the molecule is COc1ccc(C(=O)c2ccc(Oc3ccc(C4(c5ccc(Oc6cccc(F)c6C#N)cc5)OCCO4)cc3)cc2)cc1.[C-]#[N+]c1c(F)cccc1Oc1ccc(C2(c3ccc(O)cc3)OCCO2)cc1. The van der Waals surface area contributed by atoms with Gasteiger partial charge in [-0.05, 0) is 170 Å². The molecule has 0 unspecified atom stereocenters. The minimum Gasteiger partial charge on any atom is -0.508 e. The van der Waals surface area contributed by atoms with Gasteiger partial charge in [-0.2, -0.15) is 5.26 Å². The zero-order valence-electron chi connectivity index (χ0n) is 38.4. The number of phenolic OH excluding ortho intramolecular Hbond substituents is 1. The number of methoxy groups -OCH3 is 1. The van der Waals surface area contributed by atoms with Crippen LogP contribution in [0.5, 0.6) is 46.0 Å². The molecule has 0 aromatic heterocycles. The highest BCUT2D eigenvalue weighted by Crippen LogP contribution is 2.42. The lowest BCUT2D eigenvalue weighted by Gasteiger charge is -2.28. The second-order valence-electron chi connectivity index (χ2n) is 16.1. The Morgan fingerprint density at radius 3 is 1.35 bits per heavy atom. The second kappa shape index (κ2) is 21.4. The van der Waals surface area contributed by atoms with Gasteiger partial charge < -0.3 is 43.0 Å². The van der Waals surface area contributed by atoms with Gasteiger partial charge in [-0.15, -0.1) is 0 Å². The minimum atomic E-state index is -1.13. The van der Waals surface area contributed by atoms with Crippen LogP contribution in [0.4, 0.5) is 14.5 Å². The fourth-order valence-corrected chi connectivity index (χ4v) is 8.09. The van der Waals surface area contributed by atoms with E-state index in [0.29, 0.717) is 66.3 Å². The van der Waals surface area contributed by atoms with E-state index < -0.39 is 23.2 Å². The lowest BCUT2D eigenvalue weighted by atomic mass is 9.97. The monoisotopic (exact) mass is 964 g/mol. The van der Waals surface area contributed by atoms with Crippen molar-refractivity contribution in [2.45, 2.75) is 11.6 Å². The van der Waals surface area contributed by atoms with Crippen molar-refractivity contribution < 1.29 is 56.6 Å². The van der Waals surface area contributed by atoms with Crippen molar-refractivity contribution in [2.24, 2.45) is 0 Å². The molecule has 1 N–H and O–H groups in total. The maximum absolute atomic E-state index is 14.0. The summed E-state index contributed by atoms with van der Waals surface area (Å²) in [5, 5.41) is 18.8. The van der Waals surface area contributed by atoms with Crippen LogP contribution in [0.3, 0.4) is 0 Å². The molecule has 14 heteroatoms. The highest BCUT2D eigenvalue weighted by Gasteiger charge is 2.42. The van der Waals surface area contributed by atoms with Gasteiger partial charge in [0.25, 0.3) is 5.69 Å². The molecule has 2 saturated heterocycles. The van der Waals surface area contributed by atoms with E-state index in [1.807, 2.05) is 42.5 Å². The molecule has 2 fully saturated rings. The normalized spacial score (nSPS) is 14.2. The number of hydrogen-bond acceptors (Lipinski definition) is 11. The number of phenols is 1. The van der Waals surface area contributed by atoms with Crippen LogP contribution < -0.4 is 18.9 Å². The smallest absolute Gasteiger partial charge is 0.263 e. The molecule has 0 amide bonds. The Balaban J connectivity index is 0.000000196. The number of ketones is 1. The summed E-state index contributed by atoms with van der Waals surface area (Å²) in [7, 11) is 1.58. The first-order valence-electron chi connectivity index (χ1n) is 22.5. The van der Waals surface area contributed by atoms with E-state index in [2.05, 4.69) is 4.85 Å². The molecule has 2 aliphatic rings. The molecular weight excluding hydrogens is 923 g/mol. The molecule has 2 heterocycles. The molecule has 0 radical (unpaired) electrons. The summed E-state index contributed by atoms with van der Waals surface area (Å²) >= 11 is 0. The van der Waals surface area contributed by atoms with Crippen LogP contribution in [0, 0.1) is 29.5 Å². The number of halogens is 2. The first-order valence-corrected chi connectivity index (χ1v) is 22.5. The minimum absolute atomic E-state index is 0.0918. The number of para-hydroxylation sites is 1. The van der Waals surface area contributed by atoms with Crippen LogP contribution in [0.1, 0.15) is 43.7 Å². The largest absolute Gasteiger partial charge is 0.508 e. The van der Waals surface area contributed by atoms with Crippen LogP contribution in [0.15, 0.2) is 182 Å². The van der Waals surface area contributed by atoms with Crippen molar-refractivity contribution >= 4 is 11.5 Å². The number of nitrogens with zero attached hydrogens (tertiary/aromatic N) is 2. The Bertz CT molecular complexity index is 3250. The third-order valence-electron chi connectivity index (χ3n) is 11.6. The summed E-state index contributed by atoms with van der Waals surface area (Å²) in [6, 6.07) is 52.4. The summed E-state index contributed by atoms with van der Waals surface area (Å²) in [5.74, 6) is -0.329. The molecule has 10 rings (SSSR count). The Kier molecular flexibility index (Phi) is 14.3. The van der Waals surface area contributed by atoms with Crippen LogP contribution in [0.25, 0.3) is 4.85 Å². The summed E-state index contributed by atoms with van der Waals surface area (Å²) < 4.78 is 74.5. The number of benzene rings is 8. The predicted octanol–water partition coefficient (Wildman–Crippen LogP) is 12.9. The third kappa shape index (κ3) is 10.2. The summed E-state index contributed by atoms with van der Waals surface area (Å²) in [5.41, 5.74) is 3.84. The number of nitriles is 1. The topological polar surface area (TPSA) is 139 Å². The van der Waals surface area contributed by atoms with Crippen LogP contribution >= 0.6 is 0 Å². The van der Waals surface area contributed by atoms with Crippen LogP contribution in [-0.2, 0) is 30.5 Å². The first-order chi connectivity index (χ1) is 35.1. The highest BCUT2D eigenvalue weighted by molar-refractivity contribution is 6.09. The lowest BCUT2D eigenvalue weighted by Crippen LogP contribution is -2.28. The molecule has 0 saturated carbocycles. The quantitative estimate of drug-likeness (QED) is 0.0872. The summed E-state index contributed by atoms with van der Waals surface area (Å²) in [4.78, 5) is 16.0. The average Bonchev–Trinajstić information content (AvgIpc) is 4.13. The zero-order chi connectivity index (χ0) is 50.1. The van der Waals surface area contributed by atoms with Crippen molar-refractivity contribution in [3.8, 4) is 52.1 Å². The Morgan fingerprint density at radius 1 is 0.542 bits per heavy atom. The maximum Gasteiger partial charge on any atom is 0.263 e. The van der Waals surface area contributed by atoms with Gasteiger partial charge in [-0.25, -0.2) is 13.6 Å². The molecule has 8 aromatic rings. The molecule has 72 heavy (non-hydrogen) atoms. The molecule has 0 bridgehead atoms. The fourth-order valence-electron chi connectivity index (χ4n) is 8.09. The molecule has 8 aromatic carbocycles. The number of carbonyl (C=O) groups excluding carboxylic acids is 1. The van der Waals surface area contributed by atoms with Gasteiger partial charge in [-0.1, -0.05) is 12.1 Å². The summed E-state index contributed by atoms with van der Waals surface area (Å²) in [6.45, 7) is 8.83. The average molecular weight is 965 g/mol. The second-order valence-corrected chi connectivity index (χ2v) is 16.1. The number of carbonyl (C=O) groups is 1. The molecule has 0 aliphatic carbocycles. The van der Waals surface area contributed by atoms with Crippen molar-refractivity contribution in [2.75, 3.05) is 33.5 Å². The van der Waals surface area contributed by atoms with E-state index in [0.717, 1.165) is 22.3 Å². The molecule has 12 nitrogen and oxygen atoms in total. The zero-order valence-corrected chi connectivity index (χ0v) is 38.4. The Labute approximate surface area is 413 Å². The van der Waals surface area contributed by atoms with Crippen molar-refractivity contribution in [3.63, 3.8) is 0 Å². The van der Waals surface area contributed by atoms with Crippen molar-refractivity contribution in [3.05, 3.63) is 244 Å². The number of rotatable bonds is 13. The number of aromatic hydroxyl groups is 1. The lowest BCUT2D eigenvalue weighted by molar-refractivity contribution is -0.130. The van der Waals surface area contributed by atoms with Gasteiger partial charge in [0.15, 0.2) is 5.78 Å². The molecule has 0 atom stereocenters. The third-order valence-corrected chi connectivity index (χ3v) is 11.6. The van der Waals surface area contributed by atoms with E-state index >= 15 is 0 Å². The maximum atomic E-state index is 14.0. The van der Waals surface area contributed by atoms with Crippen molar-refractivity contribution in [1.82, 2.24) is 0 Å². The van der Waals surface area contributed by atoms with E-state index in [-0.39, 0.29) is 34.3 Å². The number of hydrogen-bond donors (Lipinski definition) is 1.